The van der Waals surface area contributed by atoms with E-state index in [1.54, 1.807) is 23.0 Å². The third-order valence-electron chi connectivity index (χ3n) is 3.58. The van der Waals surface area contributed by atoms with E-state index in [0.717, 1.165) is 24.2 Å². The van der Waals surface area contributed by atoms with E-state index in [4.69, 9.17) is 0 Å². The summed E-state index contributed by atoms with van der Waals surface area (Å²) in [5, 5.41) is 7.27. The molecular formula is C14H18N4O2S. The van der Waals surface area contributed by atoms with Gasteiger partial charge in [0.2, 0.25) is 10.0 Å². The van der Waals surface area contributed by atoms with E-state index in [1.807, 2.05) is 19.3 Å². The zero-order chi connectivity index (χ0) is 14.9. The van der Waals surface area contributed by atoms with Crippen molar-refractivity contribution in [3.8, 4) is 0 Å². The van der Waals surface area contributed by atoms with Crippen LogP contribution in [0.3, 0.4) is 0 Å². The molecule has 2 aromatic rings. The van der Waals surface area contributed by atoms with Gasteiger partial charge >= 0.3 is 0 Å². The van der Waals surface area contributed by atoms with Crippen molar-refractivity contribution in [3.63, 3.8) is 0 Å². The fourth-order valence-corrected chi connectivity index (χ4v) is 3.53. The first-order valence-electron chi connectivity index (χ1n) is 6.84. The van der Waals surface area contributed by atoms with Crippen LogP contribution in [0.2, 0.25) is 0 Å². The first-order valence-corrected chi connectivity index (χ1v) is 8.33. The molecule has 1 aromatic heterocycles. The summed E-state index contributed by atoms with van der Waals surface area (Å²) < 4.78 is 28.9. The molecule has 3 rings (SSSR count). The molecule has 112 valence electrons. The van der Waals surface area contributed by atoms with Crippen LogP contribution in [0.4, 0.5) is 0 Å². The molecule has 0 bridgehead atoms. The Morgan fingerprint density at radius 1 is 1.33 bits per heavy atom. The molecule has 0 unspecified atom stereocenters. The van der Waals surface area contributed by atoms with Crippen LogP contribution in [-0.2, 0) is 36.6 Å². The van der Waals surface area contributed by atoms with E-state index in [1.165, 1.54) is 5.56 Å². The Balaban J connectivity index is 1.66. The highest BCUT2D eigenvalue weighted by Gasteiger charge is 2.17. The molecule has 6 nitrogen and oxygen atoms in total. The summed E-state index contributed by atoms with van der Waals surface area (Å²) in [7, 11) is -1.61. The third-order valence-corrected chi connectivity index (χ3v) is 5.04. The number of nitrogens with zero attached hydrogens (tertiary/aromatic N) is 2. The number of fused-ring (bicyclic) bond motifs is 1. The number of aromatic nitrogens is 2. The van der Waals surface area contributed by atoms with E-state index in [-0.39, 0.29) is 0 Å². The largest absolute Gasteiger partial charge is 0.309 e. The molecule has 1 aliphatic heterocycles. The molecule has 0 fully saturated rings. The van der Waals surface area contributed by atoms with Crippen molar-refractivity contribution in [1.29, 1.82) is 0 Å². The molecule has 0 radical (unpaired) electrons. The summed E-state index contributed by atoms with van der Waals surface area (Å²) in [5.41, 5.74) is 3.24. The van der Waals surface area contributed by atoms with Gasteiger partial charge in [-0.15, -0.1) is 0 Å². The SMILES string of the molecule is Cn1cc(CCNS(=O)(=O)c2ccc3c(c2)CNC3)cn1. The molecule has 2 N–H and O–H groups in total. The predicted octanol–water partition coefficient (Wildman–Crippen LogP) is 0.544. The summed E-state index contributed by atoms with van der Waals surface area (Å²) in [5.74, 6) is 0. The van der Waals surface area contributed by atoms with E-state index in [0.29, 0.717) is 17.9 Å². The topological polar surface area (TPSA) is 76.0 Å². The highest BCUT2D eigenvalue weighted by Crippen LogP contribution is 2.19. The van der Waals surface area contributed by atoms with Crippen molar-refractivity contribution in [2.24, 2.45) is 7.05 Å². The van der Waals surface area contributed by atoms with Crippen molar-refractivity contribution in [3.05, 3.63) is 47.3 Å². The summed E-state index contributed by atoms with van der Waals surface area (Å²) in [6.07, 6.45) is 4.25. The summed E-state index contributed by atoms with van der Waals surface area (Å²) in [4.78, 5) is 0.330. The van der Waals surface area contributed by atoms with Crippen LogP contribution in [0.1, 0.15) is 16.7 Å². The number of rotatable bonds is 5. The molecule has 2 heterocycles. The maximum atomic E-state index is 12.3. The first kappa shape index (κ1) is 14.2. The lowest BCUT2D eigenvalue weighted by Gasteiger charge is -2.07. The fourth-order valence-electron chi connectivity index (χ4n) is 2.45. The smallest absolute Gasteiger partial charge is 0.240 e. The van der Waals surface area contributed by atoms with Crippen LogP contribution in [0.25, 0.3) is 0 Å². The maximum absolute atomic E-state index is 12.3. The maximum Gasteiger partial charge on any atom is 0.240 e. The number of hydrogen-bond donors (Lipinski definition) is 2. The summed E-state index contributed by atoms with van der Waals surface area (Å²) in [6.45, 7) is 1.90. The van der Waals surface area contributed by atoms with Crippen LogP contribution >= 0.6 is 0 Å². The fraction of sp³-hybridized carbons (Fsp3) is 0.357. The molecule has 1 aromatic carbocycles. The molecule has 0 atom stereocenters. The van der Waals surface area contributed by atoms with Gasteiger partial charge in [0, 0.05) is 32.9 Å². The highest BCUT2D eigenvalue weighted by atomic mass is 32.2. The Morgan fingerprint density at radius 3 is 2.90 bits per heavy atom. The van der Waals surface area contributed by atoms with Gasteiger partial charge in [-0.25, -0.2) is 13.1 Å². The summed E-state index contributed by atoms with van der Waals surface area (Å²) >= 11 is 0. The van der Waals surface area contributed by atoms with Gasteiger partial charge in [-0.1, -0.05) is 6.07 Å². The Labute approximate surface area is 124 Å². The second-order valence-electron chi connectivity index (χ2n) is 5.20. The molecule has 0 amide bonds. The minimum Gasteiger partial charge on any atom is -0.309 e. The van der Waals surface area contributed by atoms with Gasteiger partial charge in [-0.3, -0.25) is 4.68 Å². The molecular weight excluding hydrogens is 288 g/mol. The number of sulfonamides is 1. The second-order valence-corrected chi connectivity index (χ2v) is 6.97. The predicted molar refractivity (Wildman–Crippen MR) is 79.1 cm³/mol. The second kappa shape index (κ2) is 5.59. The lowest BCUT2D eigenvalue weighted by Crippen LogP contribution is -2.26. The van der Waals surface area contributed by atoms with E-state index in [9.17, 15) is 8.42 Å². The number of benzene rings is 1. The standard InChI is InChI=1S/C14H18N4O2S/c1-18-10-11(7-16-18)4-5-17-21(19,20)14-3-2-12-8-15-9-13(12)6-14/h2-3,6-7,10,15,17H,4-5,8-9H2,1H3. The minimum absolute atomic E-state index is 0.330. The van der Waals surface area contributed by atoms with Gasteiger partial charge in [0.15, 0.2) is 0 Å². The van der Waals surface area contributed by atoms with Crippen molar-refractivity contribution in [2.45, 2.75) is 24.4 Å². The van der Waals surface area contributed by atoms with Crippen LogP contribution in [0, 0.1) is 0 Å². The number of nitrogens with one attached hydrogen (secondary N) is 2. The lowest BCUT2D eigenvalue weighted by molar-refractivity contribution is 0.581. The van der Waals surface area contributed by atoms with Crippen LogP contribution in [-0.4, -0.2) is 24.7 Å². The third kappa shape index (κ3) is 3.15. The Hall–Kier alpha value is -1.70. The molecule has 0 saturated carbocycles. The van der Waals surface area contributed by atoms with Gasteiger partial charge in [-0.05, 0) is 35.2 Å². The molecule has 7 heteroatoms. The van der Waals surface area contributed by atoms with Crippen molar-refractivity contribution >= 4 is 10.0 Å². The van der Waals surface area contributed by atoms with Crippen LogP contribution in [0.5, 0.6) is 0 Å². The van der Waals surface area contributed by atoms with E-state index in [2.05, 4.69) is 15.1 Å². The average Bonchev–Trinajstić information content (AvgIpc) is 3.06. The first-order chi connectivity index (χ1) is 10.0. The molecule has 0 aliphatic carbocycles. The normalized spacial score (nSPS) is 14.3. The van der Waals surface area contributed by atoms with Crippen LogP contribution in [0.15, 0.2) is 35.5 Å². The van der Waals surface area contributed by atoms with Gasteiger partial charge < -0.3 is 5.32 Å². The average molecular weight is 306 g/mol. The van der Waals surface area contributed by atoms with Crippen LogP contribution < -0.4 is 10.0 Å². The van der Waals surface area contributed by atoms with Gasteiger partial charge in [-0.2, -0.15) is 5.10 Å². The zero-order valence-electron chi connectivity index (χ0n) is 11.8. The molecule has 0 saturated heterocycles. The zero-order valence-corrected chi connectivity index (χ0v) is 12.7. The Kier molecular flexibility index (Phi) is 3.79. The highest BCUT2D eigenvalue weighted by molar-refractivity contribution is 7.89. The minimum atomic E-state index is -3.45. The summed E-state index contributed by atoms with van der Waals surface area (Å²) in [6, 6.07) is 5.30. The monoisotopic (exact) mass is 306 g/mol. The van der Waals surface area contributed by atoms with Crippen molar-refractivity contribution < 1.29 is 8.42 Å². The molecule has 1 aliphatic rings. The molecule has 0 spiro atoms. The lowest BCUT2D eigenvalue weighted by atomic mass is 10.1. The van der Waals surface area contributed by atoms with Crippen molar-refractivity contribution in [1.82, 2.24) is 19.8 Å². The number of hydrogen-bond acceptors (Lipinski definition) is 4. The van der Waals surface area contributed by atoms with Gasteiger partial charge in [0.25, 0.3) is 0 Å². The van der Waals surface area contributed by atoms with Gasteiger partial charge in [0.05, 0.1) is 11.1 Å². The Bertz CT molecular complexity index is 752. The van der Waals surface area contributed by atoms with Crippen molar-refractivity contribution in [2.75, 3.05) is 6.54 Å². The van der Waals surface area contributed by atoms with Gasteiger partial charge in [0.1, 0.15) is 0 Å². The number of aryl methyl sites for hydroxylation is 1. The quantitative estimate of drug-likeness (QED) is 0.845. The molecule has 21 heavy (non-hydrogen) atoms. The van der Waals surface area contributed by atoms with E-state index >= 15 is 0 Å². The van der Waals surface area contributed by atoms with E-state index < -0.39 is 10.0 Å². The Morgan fingerprint density at radius 2 is 2.14 bits per heavy atom.